The van der Waals surface area contributed by atoms with Crippen LogP contribution < -0.4 is 5.32 Å². The quantitative estimate of drug-likeness (QED) is 0.786. The van der Waals surface area contributed by atoms with Gasteiger partial charge in [-0.05, 0) is 12.8 Å². The zero-order chi connectivity index (χ0) is 9.80. The van der Waals surface area contributed by atoms with Crippen molar-refractivity contribution in [1.29, 1.82) is 0 Å². The first-order valence-electron chi connectivity index (χ1n) is 4.71. The summed E-state index contributed by atoms with van der Waals surface area (Å²) in [6, 6.07) is 0.429. The molecule has 1 saturated heterocycles. The summed E-state index contributed by atoms with van der Waals surface area (Å²) < 4.78 is 11.1. The van der Waals surface area contributed by atoms with Crippen LogP contribution in [0.2, 0.25) is 0 Å². The van der Waals surface area contributed by atoms with Crippen LogP contribution in [0, 0.1) is 0 Å². The summed E-state index contributed by atoms with van der Waals surface area (Å²) in [5.41, 5.74) is 0.949. The van der Waals surface area contributed by atoms with Crippen LogP contribution in [0.25, 0.3) is 0 Å². The molecule has 1 N–H and O–H groups in total. The molecule has 1 aliphatic rings. The number of hydrogen-bond acceptors (Lipinski definition) is 4. The minimum atomic E-state index is -0.590. The van der Waals surface area contributed by atoms with Crippen LogP contribution in [0.1, 0.15) is 12.8 Å². The van der Waals surface area contributed by atoms with Gasteiger partial charge >= 0.3 is 0 Å². The Morgan fingerprint density at radius 3 is 2.57 bits per heavy atom. The average molecular weight is 211 g/mol. The third kappa shape index (κ3) is 2.51. The molecule has 1 aromatic rings. The molecule has 0 spiro atoms. The van der Waals surface area contributed by atoms with E-state index in [4.69, 9.17) is 0 Å². The van der Waals surface area contributed by atoms with Gasteiger partial charge < -0.3 is 5.32 Å². The SMILES string of the molecule is O=S1CCC(Nc2cncnc2)CC1. The Labute approximate surface area is 85.6 Å². The molecule has 4 nitrogen and oxygen atoms in total. The highest BCUT2D eigenvalue weighted by atomic mass is 32.2. The highest BCUT2D eigenvalue weighted by Crippen LogP contribution is 2.14. The maximum absolute atomic E-state index is 11.1. The van der Waals surface area contributed by atoms with Gasteiger partial charge in [-0.3, -0.25) is 4.21 Å². The molecule has 2 rings (SSSR count). The van der Waals surface area contributed by atoms with Gasteiger partial charge in [0.1, 0.15) is 6.33 Å². The summed E-state index contributed by atoms with van der Waals surface area (Å²) in [6.07, 6.45) is 6.99. The van der Waals surface area contributed by atoms with Crippen molar-refractivity contribution in [1.82, 2.24) is 9.97 Å². The Hall–Kier alpha value is -0.970. The number of nitrogens with one attached hydrogen (secondary N) is 1. The summed E-state index contributed by atoms with van der Waals surface area (Å²) in [7, 11) is -0.590. The fourth-order valence-electron chi connectivity index (χ4n) is 1.55. The lowest BCUT2D eigenvalue weighted by molar-refractivity contribution is 0.623. The lowest BCUT2D eigenvalue weighted by Gasteiger charge is -2.22. The van der Waals surface area contributed by atoms with Gasteiger partial charge in [0.15, 0.2) is 0 Å². The van der Waals surface area contributed by atoms with Crippen molar-refractivity contribution in [3.8, 4) is 0 Å². The monoisotopic (exact) mass is 211 g/mol. The summed E-state index contributed by atoms with van der Waals surface area (Å²) in [5.74, 6) is 1.62. The number of hydrogen-bond donors (Lipinski definition) is 1. The first-order chi connectivity index (χ1) is 6.84. The van der Waals surface area contributed by atoms with Crippen LogP contribution in [0.4, 0.5) is 5.69 Å². The molecule has 0 saturated carbocycles. The second-order valence-electron chi connectivity index (χ2n) is 3.39. The van der Waals surface area contributed by atoms with Gasteiger partial charge in [0.2, 0.25) is 0 Å². The Bertz CT molecular complexity index is 307. The van der Waals surface area contributed by atoms with E-state index in [-0.39, 0.29) is 0 Å². The van der Waals surface area contributed by atoms with Crippen LogP contribution in [0.3, 0.4) is 0 Å². The zero-order valence-corrected chi connectivity index (χ0v) is 8.67. The predicted octanol–water partition coefficient (Wildman–Crippen LogP) is 0.800. The normalized spacial score (nSPS) is 27.1. The highest BCUT2D eigenvalue weighted by Gasteiger charge is 2.17. The molecule has 0 aromatic carbocycles. The van der Waals surface area contributed by atoms with E-state index in [0.29, 0.717) is 6.04 Å². The topological polar surface area (TPSA) is 54.9 Å². The minimum absolute atomic E-state index is 0.429. The van der Waals surface area contributed by atoms with Gasteiger partial charge in [-0.25, -0.2) is 9.97 Å². The fourth-order valence-corrected chi connectivity index (χ4v) is 2.85. The summed E-state index contributed by atoms with van der Waals surface area (Å²) in [4.78, 5) is 7.86. The lowest BCUT2D eigenvalue weighted by atomic mass is 10.1. The van der Waals surface area contributed by atoms with Crippen molar-refractivity contribution in [2.45, 2.75) is 18.9 Å². The summed E-state index contributed by atoms with van der Waals surface area (Å²) in [5, 5.41) is 3.34. The minimum Gasteiger partial charge on any atom is -0.380 e. The average Bonchev–Trinajstić information content (AvgIpc) is 2.23. The Kier molecular flexibility index (Phi) is 3.08. The van der Waals surface area contributed by atoms with E-state index in [1.54, 1.807) is 12.4 Å². The Balaban J connectivity index is 1.89. The number of anilines is 1. The van der Waals surface area contributed by atoms with Crippen molar-refractivity contribution in [3.63, 3.8) is 0 Å². The molecule has 0 atom stereocenters. The van der Waals surface area contributed by atoms with Gasteiger partial charge in [0, 0.05) is 28.3 Å². The molecule has 0 unspecified atom stereocenters. The molecule has 76 valence electrons. The maximum atomic E-state index is 11.1. The Morgan fingerprint density at radius 2 is 1.93 bits per heavy atom. The summed E-state index contributed by atoms with van der Waals surface area (Å²) >= 11 is 0. The van der Waals surface area contributed by atoms with Crippen molar-refractivity contribution in [2.24, 2.45) is 0 Å². The molecular weight excluding hydrogens is 198 g/mol. The van der Waals surface area contributed by atoms with Crippen LogP contribution in [-0.2, 0) is 10.8 Å². The van der Waals surface area contributed by atoms with E-state index in [2.05, 4.69) is 15.3 Å². The van der Waals surface area contributed by atoms with E-state index in [1.807, 2.05) is 0 Å². The van der Waals surface area contributed by atoms with E-state index >= 15 is 0 Å². The van der Waals surface area contributed by atoms with E-state index < -0.39 is 10.8 Å². The van der Waals surface area contributed by atoms with Crippen LogP contribution in [-0.4, -0.2) is 31.7 Å². The molecule has 1 fully saturated rings. The third-order valence-corrected chi connectivity index (χ3v) is 3.70. The van der Waals surface area contributed by atoms with E-state index in [9.17, 15) is 4.21 Å². The molecule has 2 heterocycles. The zero-order valence-electron chi connectivity index (χ0n) is 7.85. The second-order valence-corrected chi connectivity index (χ2v) is 5.09. The van der Waals surface area contributed by atoms with Crippen LogP contribution in [0.15, 0.2) is 18.7 Å². The molecule has 1 aliphatic heterocycles. The summed E-state index contributed by atoms with van der Waals surface area (Å²) in [6.45, 7) is 0. The van der Waals surface area contributed by atoms with Crippen LogP contribution >= 0.6 is 0 Å². The molecule has 5 heteroatoms. The molecule has 1 aromatic heterocycles. The predicted molar refractivity (Wildman–Crippen MR) is 56.6 cm³/mol. The molecule has 0 radical (unpaired) electrons. The van der Waals surface area contributed by atoms with E-state index in [1.165, 1.54) is 6.33 Å². The first kappa shape index (κ1) is 9.58. The molecule has 14 heavy (non-hydrogen) atoms. The lowest BCUT2D eigenvalue weighted by Crippen LogP contribution is -2.29. The van der Waals surface area contributed by atoms with Crippen LogP contribution in [0.5, 0.6) is 0 Å². The first-order valence-corrected chi connectivity index (χ1v) is 6.20. The van der Waals surface area contributed by atoms with Gasteiger partial charge in [-0.1, -0.05) is 0 Å². The molecule has 0 amide bonds. The smallest absolute Gasteiger partial charge is 0.115 e. The van der Waals surface area contributed by atoms with Crippen molar-refractivity contribution >= 4 is 16.5 Å². The van der Waals surface area contributed by atoms with Crippen molar-refractivity contribution < 1.29 is 4.21 Å². The number of rotatable bonds is 2. The largest absolute Gasteiger partial charge is 0.380 e. The maximum Gasteiger partial charge on any atom is 0.115 e. The van der Waals surface area contributed by atoms with E-state index in [0.717, 1.165) is 30.0 Å². The number of nitrogens with zero attached hydrogens (tertiary/aromatic N) is 2. The second kappa shape index (κ2) is 4.50. The molecule has 0 bridgehead atoms. The number of aromatic nitrogens is 2. The molecule has 0 aliphatic carbocycles. The van der Waals surface area contributed by atoms with Gasteiger partial charge in [0.05, 0.1) is 18.1 Å². The fraction of sp³-hybridized carbons (Fsp3) is 0.556. The van der Waals surface area contributed by atoms with Crippen molar-refractivity contribution in [2.75, 3.05) is 16.8 Å². The standard InChI is InChI=1S/C9H13N3OS/c13-14-3-1-8(2-4-14)12-9-5-10-7-11-6-9/h5-8,12H,1-4H2. The van der Waals surface area contributed by atoms with Gasteiger partial charge in [-0.2, -0.15) is 0 Å². The Morgan fingerprint density at radius 1 is 1.29 bits per heavy atom. The third-order valence-electron chi connectivity index (χ3n) is 2.32. The molecular formula is C9H13N3OS. The highest BCUT2D eigenvalue weighted by molar-refractivity contribution is 7.85. The van der Waals surface area contributed by atoms with Gasteiger partial charge in [0.25, 0.3) is 0 Å². The van der Waals surface area contributed by atoms with Gasteiger partial charge in [-0.15, -0.1) is 0 Å². The van der Waals surface area contributed by atoms with Crippen molar-refractivity contribution in [3.05, 3.63) is 18.7 Å².